The Morgan fingerprint density at radius 1 is 0.571 bits per heavy atom. The largest absolute Gasteiger partial charge is 0.143 e. The minimum absolute atomic E-state index is 0.985. The Hall–Kier alpha value is -1.64. The summed E-state index contributed by atoms with van der Waals surface area (Å²) in [6.45, 7) is 2.15. The van der Waals surface area contributed by atoms with Crippen molar-refractivity contribution in [3.8, 4) is 22.3 Å². The topological polar surface area (TPSA) is 0 Å². The molecule has 21 heavy (non-hydrogen) atoms. The number of thiol groups is 2. The van der Waals surface area contributed by atoms with Crippen molar-refractivity contribution in [1.82, 2.24) is 0 Å². The Morgan fingerprint density at radius 2 is 1.05 bits per heavy atom. The normalized spacial score (nSPS) is 10.6. The molecule has 0 fully saturated rings. The second-order valence-electron chi connectivity index (χ2n) is 5.12. The Kier molecular flexibility index (Phi) is 4.09. The summed E-state index contributed by atoms with van der Waals surface area (Å²) in [5, 5.41) is 0. The lowest BCUT2D eigenvalue weighted by Gasteiger charge is -2.10. The third-order valence-corrected chi connectivity index (χ3v) is 4.20. The smallest absolute Gasteiger partial charge is 0.00404 e. The van der Waals surface area contributed by atoms with Crippen LogP contribution < -0.4 is 0 Å². The first-order chi connectivity index (χ1) is 10.1. The fraction of sp³-hybridized carbons (Fsp3) is 0.0526. The van der Waals surface area contributed by atoms with Crippen molar-refractivity contribution in [2.75, 3.05) is 0 Å². The molecule has 0 bridgehead atoms. The van der Waals surface area contributed by atoms with Gasteiger partial charge < -0.3 is 0 Å². The first-order valence-electron chi connectivity index (χ1n) is 6.83. The molecule has 3 aromatic rings. The zero-order valence-electron chi connectivity index (χ0n) is 11.7. The van der Waals surface area contributed by atoms with Gasteiger partial charge in [-0.2, -0.15) is 0 Å². The van der Waals surface area contributed by atoms with Gasteiger partial charge in [0.15, 0.2) is 0 Å². The lowest BCUT2D eigenvalue weighted by atomic mass is 9.96. The van der Waals surface area contributed by atoms with Crippen LogP contribution in [-0.2, 0) is 0 Å². The predicted molar refractivity (Wildman–Crippen MR) is 96.6 cm³/mol. The summed E-state index contributed by atoms with van der Waals surface area (Å²) in [5.41, 5.74) is 6.21. The Morgan fingerprint density at radius 3 is 1.57 bits per heavy atom. The molecule has 0 saturated carbocycles. The van der Waals surface area contributed by atoms with Gasteiger partial charge in [0.25, 0.3) is 0 Å². The van der Waals surface area contributed by atoms with Gasteiger partial charge in [0.2, 0.25) is 0 Å². The molecule has 0 aliphatic carbocycles. The van der Waals surface area contributed by atoms with Gasteiger partial charge in [0.1, 0.15) is 0 Å². The van der Waals surface area contributed by atoms with Crippen molar-refractivity contribution in [1.29, 1.82) is 0 Å². The maximum Gasteiger partial charge on any atom is 0.00404 e. The highest BCUT2D eigenvalue weighted by atomic mass is 32.1. The van der Waals surface area contributed by atoms with Crippen molar-refractivity contribution in [2.24, 2.45) is 0 Å². The number of hydrogen-bond donors (Lipinski definition) is 2. The highest BCUT2D eigenvalue weighted by molar-refractivity contribution is 7.80. The van der Waals surface area contributed by atoms with E-state index < -0.39 is 0 Å². The Labute approximate surface area is 136 Å². The van der Waals surface area contributed by atoms with E-state index in [1.807, 2.05) is 24.3 Å². The molecule has 0 aliphatic heterocycles. The number of aryl methyl sites for hydroxylation is 1. The molecule has 0 N–H and O–H groups in total. The van der Waals surface area contributed by atoms with Gasteiger partial charge >= 0.3 is 0 Å². The molecule has 3 rings (SSSR count). The Balaban J connectivity index is 1.99. The third-order valence-electron chi connectivity index (χ3n) is 3.61. The molecule has 0 heterocycles. The highest BCUT2D eigenvalue weighted by Crippen LogP contribution is 2.29. The average Bonchev–Trinajstić information content (AvgIpc) is 2.49. The van der Waals surface area contributed by atoms with Crippen LogP contribution in [0.3, 0.4) is 0 Å². The molecule has 2 heteroatoms. The van der Waals surface area contributed by atoms with Crippen molar-refractivity contribution in [3.63, 3.8) is 0 Å². The van der Waals surface area contributed by atoms with E-state index in [1.54, 1.807) is 0 Å². The van der Waals surface area contributed by atoms with Gasteiger partial charge in [0.05, 0.1) is 0 Å². The fourth-order valence-corrected chi connectivity index (χ4v) is 2.76. The summed E-state index contributed by atoms with van der Waals surface area (Å²) >= 11 is 8.67. The summed E-state index contributed by atoms with van der Waals surface area (Å²) in [6, 6.07) is 23.1. The molecule has 0 unspecified atom stereocenters. The Bertz CT molecular complexity index is 757. The van der Waals surface area contributed by atoms with Gasteiger partial charge in [-0.25, -0.2) is 0 Å². The second kappa shape index (κ2) is 6.00. The summed E-state index contributed by atoms with van der Waals surface area (Å²) < 4.78 is 0. The van der Waals surface area contributed by atoms with Gasteiger partial charge in [0, 0.05) is 9.79 Å². The molecule has 0 nitrogen and oxygen atoms in total. The minimum Gasteiger partial charge on any atom is -0.143 e. The van der Waals surface area contributed by atoms with Crippen molar-refractivity contribution in [2.45, 2.75) is 16.7 Å². The molecule has 0 saturated heterocycles. The van der Waals surface area contributed by atoms with E-state index >= 15 is 0 Å². The summed E-state index contributed by atoms with van der Waals surface area (Å²) in [6.07, 6.45) is 0. The molecular formula is C19H16S2. The van der Waals surface area contributed by atoms with E-state index in [9.17, 15) is 0 Å². The van der Waals surface area contributed by atoms with E-state index in [0.29, 0.717) is 0 Å². The molecule has 0 radical (unpaired) electrons. The SMILES string of the molecule is Cc1cc(-c2ccc(S)cc2)ccc1-c1ccc(S)cc1. The lowest BCUT2D eigenvalue weighted by molar-refractivity contribution is 1.41. The third kappa shape index (κ3) is 3.17. The summed E-state index contributed by atoms with van der Waals surface area (Å²) in [4.78, 5) is 1.97. The van der Waals surface area contributed by atoms with Crippen LogP contribution >= 0.6 is 25.3 Å². The van der Waals surface area contributed by atoms with Gasteiger partial charge in [-0.3, -0.25) is 0 Å². The van der Waals surface area contributed by atoms with E-state index in [4.69, 9.17) is 0 Å². The average molecular weight is 308 g/mol. The lowest BCUT2D eigenvalue weighted by Crippen LogP contribution is -1.85. The van der Waals surface area contributed by atoms with Crippen LogP contribution in [0.2, 0.25) is 0 Å². The van der Waals surface area contributed by atoms with E-state index in [1.165, 1.54) is 27.8 Å². The fourth-order valence-electron chi connectivity index (χ4n) is 2.46. The zero-order valence-corrected chi connectivity index (χ0v) is 13.5. The molecule has 0 amide bonds. The number of rotatable bonds is 2. The molecule has 0 atom stereocenters. The van der Waals surface area contributed by atoms with Crippen LogP contribution in [0.5, 0.6) is 0 Å². The number of benzene rings is 3. The van der Waals surface area contributed by atoms with Crippen molar-refractivity contribution >= 4 is 25.3 Å². The molecule has 0 spiro atoms. The quantitative estimate of drug-likeness (QED) is 0.540. The monoisotopic (exact) mass is 308 g/mol. The maximum absolute atomic E-state index is 4.34. The van der Waals surface area contributed by atoms with Crippen molar-refractivity contribution < 1.29 is 0 Å². The van der Waals surface area contributed by atoms with Crippen LogP contribution in [0.15, 0.2) is 76.5 Å². The van der Waals surface area contributed by atoms with E-state index in [2.05, 4.69) is 74.6 Å². The standard InChI is InChI=1S/C19H16S2/c1-13-12-16(14-2-7-17(20)8-3-14)6-11-19(13)15-4-9-18(21)10-5-15/h2-12,20-21H,1H3. The molecule has 104 valence electrons. The second-order valence-corrected chi connectivity index (χ2v) is 6.16. The maximum atomic E-state index is 4.34. The van der Waals surface area contributed by atoms with Crippen LogP contribution in [0.4, 0.5) is 0 Å². The predicted octanol–water partition coefficient (Wildman–Crippen LogP) is 5.91. The molecule has 0 aromatic heterocycles. The number of hydrogen-bond acceptors (Lipinski definition) is 2. The molecule has 3 aromatic carbocycles. The summed E-state index contributed by atoms with van der Waals surface area (Å²) in [5.74, 6) is 0. The zero-order chi connectivity index (χ0) is 14.8. The highest BCUT2D eigenvalue weighted by Gasteiger charge is 2.04. The van der Waals surface area contributed by atoms with Crippen molar-refractivity contribution in [3.05, 3.63) is 72.3 Å². The first-order valence-corrected chi connectivity index (χ1v) is 7.72. The van der Waals surface area contributed by atoms with E-state index in [0.717, 1.165) is 9.79 Å². The van der Waals surface area contributed by atoms with Gasteiger partial charge in [-0.05, 0) is 59.0 Å². The van der Waals surface area contributed by atoms with Crippen LogP contribution in [-0.4, -0.2) is 0 Å². The summed E-state index contributed by atoms with van der Waals surface area (Å²) in [7, 11) is 0. The van der Waals surface area contributed by atoms with Gasteiger partial charge in [-0.15, -0.1) is 25.3 Å². The minimum atomic E-state index is 0.985. The van der Waals surface area contributed by atoms with Crippen LogP contribution in [0, 0.1) is 6.92 Å². The molecular weight excluding hydrogens is 292 g/mol. The van der Waals surface area contributed by atoms with Gasteiger partial charge in [-0.1, -0.05) is 42.5 Å². The molecule has 0 aliphatic rings. The van der Waals surface area contributed by atoms with Crippen LogP contribution in [0.1, 0.15) is 5.56 Å². The first kappa shape index (κ1) is 14.3. The van der Waals surface area contributed by atoms with Crippen LogP contribution in [0.25, 0.3) is 22.3 Å². The van der Waals surface area contributed by atoms with E-state index in [-0.39, 0.29) is 0 Å².